The van der Waals surface area contributed by atoms with E-state index in [-0.39, 0.29) is 12.0 Å². The lowest BCUT2D eigenvalue weighted by Gasteiger charge is -2.14. The molecule has 0 atom stereocenters. The van der Waals surface area contributed by atoms with Crippen LogP contribution in [0.2, 0.25) is 0 Å². The summed E-state index contributed by atoms with van der Waals surface area (Å²) in [5, 5.41) is 2.90. The summed E-state index contributed by atoms with van der Waals surface area (Å²) >= 11 is 0. The van der Waals surface area contributed by atoms with Crippen LogP contribution in [0, 0.1) is 0 Å². The molecule has 25 heavy (non-hydrogen) atoms. The number of methoxy groups -OCH3 is 2. The van der Waals surface area contributed by atoms with E-state index in [2.05, 4.69) is 5.32 Å². The Hall–Kier alpha value is -2.69. The molecule has 3 rings (SSSR count). The number of nitrogens with one attached hydrogen (secondary N) is 1. The van der Waals surface area contributed by atoms with Gasteiger partial charge < -0.3 is 19.5 Å². The monoisotopic (exact) mass is 341 g/mol. The van der Waals surface area contributed by atoms with Crippen molar-refractivity contribution in [2.24, 2.45) is 0 Å². The molecule has 2 aromatic carbocycles. The molecular weight excluding hydrogens is 318 g/mol. The van der Waals surface area contributed by atoms with Crippen molar-refractivity contribution >= 4 is 11.6 Å². The van der Waals surface area contributed by atoms with E-state index < -0.39 is 0 Å². The smallest absolute Gasteiger partial charge is 0.255 e. The molecule has 5 nitrogen and oxygen atoms in total. The predicted molar refractivity (Wildman–Crippen MR) is 96.8 cm³/mol. The number of carbonyl (C=O) groups is 1. The van der Waals surface area contributed by atoms with Crippen LogP contribution in [0.4, 0.5) is 5.69 Å². The predicted octanol–water partition coefficient (Wildman–Crippen LogP) is 4.28. The van der Waals surface area contributed by atoms with Crippen molar-refractivity contribution in [1.29, 1.82) is 0 Å². The first-order chi connectivity index (χ1) is 12.2. The summed E-state index contributed by atoms with van der Waals surface area (Å²) in [6, 6.07) is 12.6. The first-order valence-corrected chi connectivity index (χ1v) is 8.49. The van der Waals surface area contributed by atoms with Gasteiger partial charge in [-0.1, -0.05) is 6.07 Å². The summed E-state index contributed by atoms with van der Waals surface area (Å²) in [7, 11) is 3.11. The number of benzene rings is 2. The van der Waals surface area contributed by atoms with E-state index in [1.165, 1.54) is 12.8 Å². The van der Waals surface area contributed by atoms with Crippen molar-refractivity contribution in [3.05, 3.63) is 48.0 Å². The molecule has 0 saturated heterocycles. The molecule has 0 aromatic heterocycles. The Balaban J connectivity index is 1.72. The minimum atomic E-state index is -0.227. The van der Waals surface area contributed by atoms with Gasteiger partial charge in [0.15, 0.2) is 0 Å². The van der Waals surface area contributed by atoms with E-state index in [9.17, 15) is 4.79 Å². The van der Waals surface area contributed by atoms with Gasteiger partial charge in [-0.3, -0.25) is 4.79 Å². The van der Waals surface area contributed by atoms with E-state index >= 15 is 0 Å². The van der Waals surface area contributed by atoms with E-state index in [4.69, 9.17) is 14.2 Å². The minimum absolute atomic E-state index is 0.227. The Kier molecular flexibility index (Phi) is 5.43. The normalized spacial score (nSPS) is 14.2. The van der Waals surface area contributed by atoms with E-state index in [0.29, 0.717) is 22.7 Å². The molecule has 2 aromatic rings. The van der Waals surface area contributed by atoms with E-state index in [0.717, 1.165) is 18.6 Å². The Labute approximate surface area is 147 Å². The van der Waals surface area contributed by atoms with Gasteiger partial charge in [-0.25, -0.2) is 0 Å². The average Bonchev–Trinajstić information content (AvgIpc) is 3.14. The number of hydrogen-bond donors (Lipinski definition) is 1. The summed E-state index contributed by atoms with van der Waals surface area (Å²) in [6.45, 7) is 0. The van der Waals surface area contributed by atoms with Gasteiger partial charge in [0.25, 0.3) is 5.91 Å². The van der Waals surface area contributed by atoms with Gasteiger partial charge in [0, 0.05) is 23.4 Å². The van der Waals surface area contributed by atoms with E-state index in [1.54, 1.807) is 32.4 Å². The summed E-state index contributed by atoms with van der Waals surface area (Å²) in [4.78, 5) is 12.5. The summed E-state index contributed by atoms with van der Waals surface area (Å²) in [5.41, 5.74) is 1.17. The zero-order valence-electron chi connectivity index (χ0n) is 14.6. The third-order valence-corrected chi connectivity index (χ3v) is 4.31. The second-order valence-corrected chi connectivity index (χ2v) is 6.11. The van der Waals surface area contributed by atoms with E-state index in [1.807, 2.05) is 24.3 Å². The van der Waals surface area contributed by atoms with Crippen LogP contribution >= 0.6 is 0 Å². The lowest BCUT2D eigenvalue weighted by molar-refractivity contribution is 0.102. The van der Waals surface area contributed by atoms with Gasteiger partial charge in [0.05, 0.1) is 20.3 Å². The average molecular weight is 341 g/mol. The lowest BCUT2D eigenvalue weighted by Crippen LogP contribution is -2.13. The largest absolute Gasteiger partial charge is 0.497 e. The number of carbonyl (C=O) groups excluding carboxylic acids is 1. The van der Waals surface area contributed by atoms with Crippen molar-refractivity contribution in [3.63, 3.8) is 0 Å². The molecule has 132 valence electrons. The summed E-state index contributed by atoms with van der Waals surface area (Å²) < 4.78 is 16.4. The standard InChI is InChI=1S/C20H23NO4/c1-23-18-10-14(11-19(13-18)24-2)20(22)21-15-6-5-9-17(12-15)25-16-7-3-4-8-16/h5-6,9-13,16H,3-4,7-8H2,1-2H3,(H,21,22). The van der Waals surface area contributed by atoms with Crippen molar-refractivity contribution in [3.8, 4) is 17.2 Å². The molecule has 0 spiro atoms. The molecule has 1 N–H and O–H groups in total. The molecule has 1 fully saturated rings. The molecule has 0 aliphatic heterocycles. The highest BCUT2D eigenvalue weighted by atomic mass is 16.5. The Morgan fingerprint density at radius 1 is 0.960 bits per heavy atom. The van der Waals surface area contributed by atoms with Crippen molar-refractivity contribution in [1.82, 2.24) is 0 Å². The van der Waals surface area contributed by atoms with Gasteiger partial charge in [0.2, 0.25) is 0 Å². The molecular formula is C20H23NO4. The third kappa shape index (κ3) is 4.44. The van der Waals surface area contributed by atoms with Crippen molar-refractivity contribution < 1.29 is 19.0 Å². The maximum absolute atomic E-state index is 12.5. The maximum Gasteiger partial charge on any atom is 0.255 e. The molecule has 1 aliphatic carbocycles. The summed E-state index contributed by atoms with van der Waals surface area (Å²) in [5.74, 6) is 1.70. The van der Waals surface area contributed by atoms with Gasteiger partial charge in [-0.2, -0.15) is 0 Å². The molecule has 0 heterocycles. The molecule has 0 unspecified atom stereocenters. The Morgan fingerprint density at radius 3 is 2.28 bits per heavy atom. The van der Waals surface area contributed by atoms with Crippen LogP contribution in [0.25, 0.3) is 0 Å². The molecule has 5 heteroatoms. The van der Waals surface area contributed by atoms with Crippen LogP contribution in [-0.2, 0) is 0 Å². The Morgan fingerprint density at radius 2 is 1.64 bits per heavy atom. The zero-order chi connectivity index (χ0) is 17.6. The fourth-order valence-electron chi connectivity index (χ4n) is 2.99. The minimum Gasteiger partial charge on any atom is -0.497 e. The highest BCUT2D eigenvalue weighted by molar-refractivity contribution is 6.04. The topological polar surface area (TPSA) is 56.8 Å². The second kappa shape index (κ2) is 7.92. The quantitative estimate of drug-likeness (QED) is 0.852. The SMILES string of the molecule is COc1cc(OC)cc(C(=O)Nc2cccc(OC3CCCC3)c2)c1. The molecule has 1 amide bonds. The highest BCUT2D eigenvalue weighted by Crippen LogP contribution is 2.27. The van der Waals surface area contributed by atoms with Crippen LogP contribution in [0.5, 0.6) is 17.2 Å². The Bertz CT molecular complexity index is 716. The molecule has 1 saturated carbocycles. The van der Waals surface area contributed by atoms with Gasteiger partial charge in [0.1, 0.15) is 17.2 Å². The number of hydrogen-bond acceptors (Lipinski definition) is 4. The zero-order valence-corrected chi connectivity index (χ0v) is 14.6. The van der Waals surface area contributed by atoms with Crippen LogP contribution in [0.1, 0.15) is 36.0 Å². The highest BCUT2D eigenvalue weighted by Gasteiger charge is 2.17. The fraction of sp³-hybridized carbons (Fsp3) is 0.350. The molecule has 0 radical (unpaired) electrons. The summed E-state index contributed by atoms with van der Waals surface area (Å²) in [6.07, 6.45) is 4.92. The number of anilines is 1. The van der Waals surface area contributed by atoms with Crippen molar-refractivity contribution in [2.45, 2.75) is 31.8 Å². The van der Waals surface area contributed by atoms with Crippen LogP contribution < -0.4 is 19.5 Å². The van der Waals surface area contributed by atoms with Crippen LogP contribution in [0.15, 0.2) is 42.5 Å². The number of amides is 1. The molecule has 0 bridgehead atoms. The lowest BCUT2D eigenvalue weighted by atomic mass is 10.1. The molecule has 1 aliphatic rings. The first kappa shape index (κ1) is 17.1. The van der Waals surface area contributed by atoms with Gasteiger partial charge in [-0.05, 0) is 49.9 Å². The number of ether oxygens (including phenoxy) is 3. The fourth-order valence-corrected chi connectivity index (χ4v) is 2.99. The maximum atomic E-state index is 12.5. The number of rotatable bonds is 6. The van der Waals surface area contributed by atoms with Gasteiger partial charge >= 0.3 is 0 Å². The first-order valence-electron chi connectivity index (χ1n) is 8.49. The third-order valence-electron chi connectivity index (χ3n) is 4.31. The van der Waals surface area contributed by atoms with Crippen molar-refractivity contribution in [2.75, 3.05) is 19.5 Å². The van der Waals surface area contributed by atoms with Crippen LogP contribution in [0.3, 0.4) is 0 Å². The van der Waals surface area contributed by atoms with Crippen LogP contribution in [-0.4, -0.2) is 26.2 Å². The van der Waals surface area contributed by atoms with Gasteiger partial charge in [-0.15, -0.1) is 0 Å². The second-order valence-electron chi connectivity index (χ2n) is 6.11.